The number of amides is 1. The largest absolute Gasteiger partial charge is 0.497 e. The maximum atomic E-state index is 12.1. The Morgan fingerprint density at radius 2 is 2.10 bits per heavy atom. The lowest BCUT2D eigenvalue weighted by Gasteiger charge is -2.29. The Hall–Kier alpha value is -1.59. The number of methoxy groups -OCH3 is 2. The Balaban J connectivity index is 1.91. The van der Waals surface area contributed by atoms with Gasteiger partial charge in [0.15, 0.2) is 0 Å². The Kier molecular flexibility index (Phi) is 5.38. The molecule has 0 unspecified atom stereocenters. The second-order valence-corrected chi connectivity index (χ2v) is 4.75. The normalized spacial score (nSPS) is 14.0. The molecule has 1 heterocycles. The lowest BCUT2D eigenvalue weighted by Crippen LogP contribution is -2.38. The maximum Gasteiger partial charge on any atom is 0.248 e. The van der Waals surface area contributed by atoms with Crippen molar-refractivity contribution in [2.45, 2.75) is 13.0 Å². The number of nitrogens with zero attached hydrogens (tertiary/aromatic N) is 1. The van der Waals surface area contributed by atoms with Crippen LogP contribution in [0, 0.1) is 0 Å². The third kappa shape index (κ3) is 3.71. The molecule has 0 saturated heterocycles. The summed E-state index contributed by atoms with van der Waals surface area (Å²) in [4.78, 5) is 13.9. The molecule has 5 heteroatoms. The van der Waals surface area contributed by atoms with Crippen LogP contribution in [-0.2, 0) is 27.2 Å². The van der Waals surface area contributed by atoms with Gasteiger partial charge < -0.3 is 19.1 Å². The molecule has 2 rings (SSSR count). The van der Waals surface area contributed by atoms with Crippen molar-refractivity contribution >= 4 is 5.91 Å². The molecule has 0 N–H and O–H groups in total. The van der Waals surface area contributed by atoms with E-state index in [1.54, 1.807) is 14.2 Å². The highest BCUT2D eigenvalue weighted by molar-refractivity contribution is 5.77. The second kappa shape index (κ2) is 7.26. The molecule has 20 heavy (non-hydrogen) atoms. The third-order valence-corrected chi connectivity index (χ3v) is 3.44. The van der Waals surface area contributed by atoms with Crippen LogP contribution in [0.3, 0.4) is 0 Å². The number of rotatable bonds is 6. The van der Waals surface area contributed by atoms with Gasteiger partial charge in [-0.05, 0) is 29.7 Å². The molecule has 0 aliphatic carbocycles. The predicted octanol–water partition coefficient (Wildman–Crippen LogP) is 1.24. The molecule has 0 radical (unpaired) electrons. The van der Waals surface area contributed by atoms with Crippen LogP contribution in [0.5, 0.6) is 5.75 Å². The van der Waals surface area contributed by atoms with E-state index in [0.717, 1.165) is 24.3 Å². The Labute approximate surface area is 119 Å². The van der Waals surface area contributed by atoms with E-state index < -0.39 is 0 Å². The van der Waals surface area contributed by atoms with Gasteiger partial charge in [0.2, 0.25) is 5.91 Å². The van der Waals surface area contributed by atoms with Crippen molar-refractivity contribution in [2.24, 2.45) is 0 Å². The number of hydrogen-bond donors (Lipinski definition) is 0. The van der Waals surface area contributed by atoms with Gasteiger partial charge in [-0.1, -0.05) is 6.07 Å². The van der Waals surface area contributed by atoms with Gasteiger partial charge in [0.1, 0.15) is 12.4 Å². The summed E-state index contributed by atoms with van der Waals surface area (Å²) in [7, 11) is 3.26. The fraction of sp³-hybridized carbons (Fsp3) is 0.533. The molecule has 0 atom stereocenters. The van der Waals surface area contributed by atoms with Crippen molar-refractivity contribution in [3.63, 3.8) is 0 Å². The van der Waals surface area contributed by atoms with Crippen molar-refractivity contribution in [1.82, 2.24) is 4.90 Å². The summed E-state index contributed by atoms with van der Waals surface area (Å²) >= 11 is 0. The number of benzene rings is 1. The van der Waals surface area contributed by atoms with E-state index in [-0.39, 0.29) is 12.5 Å². The summed E-state index contributed by atoms with van der Waals surface area (Å²) in [6.07, 6.45) is 0.878. The molecule has 0 aromatic heterocycles. The Bertz CT molecular complexity index is 461. The zero-order chi connectivity index (χ0) is 14.4. The van der Waals surface area contributed by atoms with Crippen LogP contribution in [-0.4, -0.2) is 51.4 Å². The topological polar surface area (TPSA) is 48.0 Å². The van der Waals surface area contributed by atoms with Crippen LogP contribution in [0.2, 0.25) is 0 Å². The molecule has 110 valence electrons. The number of carbonyl (C=O) groups is 1. The third-order valence-electron chi connectivity index (χ3n) is 3.44. The van der Waals surface area contributed by atoms with Crippen LogP contribution in [0.1, 0.15) is 11.1 Å². The molecule has 1 aliphatic heterocycles. The van der Waals surface area contributed by atoms with Crippen molar-refractivity contribution in [3.05, 3.63) is 29.3 Å². The van der Waals surface area contributed by atoms with Gasteiger partial charge in [0, 0.05) is 20.2 Å². The van der Waals surface area contributed by atoms with E-state index >= 15 is 0 Å². The number of carbonyl (C=O) groups excluding carboxylic acids is 1. The highest BCUT2D eigenvalue weighted by Crippen LogP contribution is 2.23. The summed E-state index contributed by atoms with van der Waals surface area (Å²) in [5, 5.41) is 0. The zero-order valence-corrected chi connectivity index (χ0v) is 12.1. The second-order valence-electron chi connectivity index (χ2n) is 4.75. The summed E-state index contributed by atoms with van der Waals surface area (Å²) in [6, 6.07) is 6.04. The molecule has 1 amide bonds. The quantitative estimate of drug-likeness (QED) is 0.735. The minimum Gasteiger partial charge on any atom is -0.497 e. The first-order valence-electron chi connectivity index (χ1n) is 6.75. The highest BCUT2D eigenvalue weighted by atomic mass is 16.5. The summed E-state index contributed by atoms with van der Waals surface area (Å²) in [5.74, 6) is 0.851. The van der Waals surface area contributed by atoms with Gasteiger partial charge in [0.25, 0.3) is 0 Å². The van der Waals surface area contributed by atoms with E-state index in [4.69, 9.17) is 14.2 Å². The first-order valence-corrected chi connectivity index (χ1v) is 6.75. The lowest BCUT2D eigenvalue weighted by molar-refractivity contribution is -0.137. The van der Waals surface area contributed by atoms with Crippen LogP contribution >= 0.6 is 0 Å². The minimum absolute atomic E-state index is 0.0228. The molecule has 5 nitrogen and oxygen atoms in total. The molecular formula is C15H21NO4. The summed E-state index contributed by atoms with van der Waals surface area (Å²) in [5.41, 5.74) is 2.44. The molecule has 0 fully saturated rings. The first kappa shape index (κ1) is 14.8. The standard InChI is InChI=1S/C15H21NO4/c1-18-7-8-20-11-15(17)16-6-5-12-3-4-14(19-2)9-13(12)10-16/h3-4,9H,5-8,10-11H2,1-2H3. The highest BCUT2D eigenvalue weighted by Gasteiger charge is 2.20. The smallest absolute Gasteiger partial charge is 0.248 e. The van der Waals surface area contributed by atoms with Crippen LogP contribution in [0.4, 0.5) is 0 Å². The zero-order valence-electron chi connectivity index (χ0n) is 12.1. The molecular weight excluding hydrogens is 258 g/mol. The van der Waals surface area contributed by atoms with Crippen molar-refractivity contribution in [2.75, 3.05) is 40.6 Å². The molecule has 0 bridgehead atoms. The van der Waals surface area contributed by atoms with E-state index in [2.05, 4.69) is 6.07 Å². The predicted molar refractivity (Wildman–Crippen MR) is 74.8 cm³/mol. The van der Waals surface area contributed by atoms with Crippen LogP contribution < -0.4 is 4.74 Å². The van der Waals surface area contributed by atoms with Crippen molar-refractivity contribution in [1.29, 1.82) is 0 Å². The fourth-order valence-corrected chi connectivity index (χ4v) is 2.27. The van der Waals surface area contributed by atoms with Crippen LogP contribution in [0.15, 0.2) is 18.2 Å². The number of fused-ring (bicyclic) bond motifs is 1. The summed E-state index contributed by atoms with van der Waals surface area (Å²) < 4.78 is 15.4. The fourth-order valence-electron chi connectivity index (χ4n) is 2.27. The van der Waals surface area contributed by atoms with Crippen molar-refractivity contribution < 1.29 is 19.0 Å². The van der Waals surface area contributed by atoms with E-state index in [0.29, 0.717) is 19.8 Å². The van der Waals surface area contributed by atoms with Crippen molar-refractivity contribution in [3.8, 4) is 5.75 Å². The Morgan fingerprint density at radius 1 is 1.25 bits per heavy atom. The molecule has 1 aromatic carbocycles. The van der Waals surface area contributed by atoms with Crippen LogP contribution in [0.25, 0.3) is 0 Å². The molecule has 0 spiro atoms. The van der Waals surface area contributed by atoms with Gasteiger partial charge in [-0.2, -0.15) is 0 Å². The van der Waals surface area contributed by atoms with Gasteiger partial charge in [-0.25, -0.2) is 0 Å². The SMILES string of the molecule is COCCOCC(=O)N1CCc2ccc(OC)cc2C1. The van der Waals surface area contributed by atoms with Gasteiger partial charge in [-0.15, -0.1) is 0 Å². The lowest BCUT2D eigenvalue weighted by atomic mass is 9.99. The molecule has 1 aromatic rings. The number of ether oxygens (including phenoxy) is 3. The van der Waals surface area contributed by atoms with E-state index in [1.165, 1.54) is 5.56 Å². The monoisotopic (exact) mass is 279 g/mol. The minimum atomic E-state index is 0.0228. The Morgan fingerprint density at radius 3 is 2.85 bits per heavy atom. The maximum absolute atomic E-state index is 12.1. The van der Waals surface area contributed by atoms with Gasteiger partial charge in [-0.3, -0.25) is 4.79 Å². The average molecular weight is 279 g/mol. The van der Waals surface area contributed by atoms with Gasteiger partial charge >= 0.3 is 0 Å². The van der Waals surface area contributed by atoms with Gasteiger partial charge in [0.05, 0.1) is 20.3 Å². The molecule has 0 saturated carbocycles. The van der Waals surface area contributed by atoms with E-state index in [1.807, 2.05) is 17.0 Å². The summed E-state index contributed by atoms with van der Waals surface area (Å²) in [6.45, 7) is 2.43. The molecule has 1 aliphatic rings. The number of hydrogen-bond acceptors (Lipinski definition) is 4. The first-order chi connectivity index (χ1) is 9.74. The van der Waals surface area contributed by atoms with E-state index in [9.17, 15) is 4.79 Å². The average Bonchev–Trinajstić information content (AvgIpc) is 2.50.